The molecule has 0 spiro atoms. The molecule has 122 valence electrons. The number of methoxy groups -OCH3 is 1. The van der Waals surface area contributed by atoms with Crippen molar-refractivity contribution in [1.29, 1.82) is 0 Å². The van der Waals surface area contributed by atoms with Gasteiger partial charge in [0.2, 0.25) is 0 Å². The van der Waals surface area contributed by atoms with Crippen molar-refractivity contribution in [1.82, 2.24) is 14.9 Å². The molecule has 0 radical (unpaired) electrons. The van der Waals surface area contributed by atoms with Gasteiger partial charge < -0.3 is 9.72 Å². The van der Waals surface area contributed by atoms with E-state index in [4.69, 9.17) is 4.74 Å². The lowest BCUT2D eigenvalue weighted by Crippen LogP contribution is -2.38. The number of benzene rings is 1. The second kappa shape index (κ2) is 6.91. The maximum absolute atomic E-state index is 13.5. The van der Waals surface area contributed by atoms with E-state index < -0.39 is 5.82 Å². The summed E-state index contributed by atoms with van der Waals surface area (Å²) in [4.78, 5) is 22.3. The van der Waals surface area contributed by atoms with Gasteiger partial charge in [0.15, 0.2) is 5.78 Å². The highest BCUT2D eigenvalue weighted by atomic mass is 19.1. The lowest BCUT2D eigenvalue weighted by Gasteiger charge is -2.31. The number of ketones is 1. The summed E-state index contributed by atoms with van der Waals surface area (Å²) in [5.74, 6) is 0.707. The standard InChI is InChI=1S/C17H20FN3O2/c1-23-15-5-4-13(18)9-14(15)17(22)12-3-2-8-21(10-12)11-16-19-6-7-20-16/h4-7,9,12H,2-3,8,10-11H2,1H3,(H,19,20). The number of nitrogens with one attached hydrogen (secondary N) is 1. The number of ether oxygens (including phenoxy) is 1. The zero-order chi connectivity index (χ0) is 16.2. The molecule has 0 saturated carbocycles. The molecular formula is C17H20FN3O2. The molecule has 0 amide bonds. The number of hydrogen-bond acceptors (Lipinski definition) is 4. The number of piperidine rings is 1. The molecule has 23 heavy (non-hydrogen) atoms. The maximum atomic E-state index is 13.5. The van der Waals surface area contributed by atoms with Crippen LogP contribution in [0.5, 0.6) is 5.75 Å². The number of carbonyl (C=O) groups is 1. The number of rotatable bonds is 5. The Morgan fingerprint density at radius 1 is 1.52 bits per heavy atom. The third-order valence-corrected chi connectivity index (χ3v) is 4.23. The molecule has 3 rings (SSSR count). The number of imidazole rings is 1. The first kappa shape index (κ1) is 15.7. The number of aromatic amines is 1. The van der Waals surface area contributed by atoms with Crippen LogP contribution in [0, 0.1) is 11.7 Å². The Balaban J connectivity index is 1.73. The Bertz CT molecular complexity index is 672. The average Bonchev–Trinajstić information content (AvgIpc) is 3.07. The Morgan fingerprint density at radius 2 is 2.39 bits per heavy atom. The molecule has 0 bridgehead atoms. The quantitative estimate of drug-likeness (QED) is 0.861. The second-order valence-electron chi connectivity index (χ2n) is 5.82. The number of aromatic nitrogens is 2. The fraction of sp³-hybridized carbons (Fsp3) is 0.412. The smallest absolute Gasteiger partial charge is 0.171 e. The summed E-state index contributed by atoms with van der Waals surface area (Å²) in [5.41, 5.74) is 0.331. The van der Waals surface area contributed by atoms with Crippen LogP contribution in [0.3, 0.4) is 0 Å². The molecule has 1 aromatic carbocycles. The van der Waals surface area contributed by atoms with Crippen LogP contribution in [0.15, 0.2) is 30.6 Å². The number of likely N-dealkylation sites (tertiary alicyclic amines) is 1. The van der Waals surface area contributed by atoms with Gasteiger partial charge in [0.05, 0.1) is 19.2 Å². The Hall–Kier alpha value is -2.21. The molecule has 1 fully saturated rings. The molecule has 1 aliphatic rings. The number of halogens is 1. The molecule has 1 unspecified atom stereocenters. The fourth-order valence-electron chi connectivity index (χ4n) is 3.10. The van der Waals surface area contributed by atoms with E-state index in [2.05, 4.69) is 14.9 Å². The normalized spacial score (nSPS) is 18.8. The summed E-state index contributed by atoms with van der Waals surface area (Å²) < 4.78 is 18.7. The van der Waals surface area contributed by atoms with Crippen LogP contribution in [-0.4, -0.2) is 40.9 Å². The SMILES string of the molecule is COc1ccc(F)cc1C(=O)C1CCCN(Cc2ncc[nH]2)C1. The highest BCUT2D eigenvalue weighted by molar-refractivity contribution is 6.00. The lowest BCUT2D eigenvalue weighted by atomic mass is 9.89. The predicted octanol–water partition coefficient (Wildman–Crippen LogP) is 2.65. The van der Waals surface area contributed by atoms with Gasteiger partial charge in [-0.3, -0.25) is 9.69 Å². The van der Waals surface area contributed by atoms with E-state index >= 15 is 0 Å². The third kappa shape index (κ3) is 3.59. The number of Topliss-reactive ketones (excluding diaryl/α,β-unsaturated/α-hetero) is 1. The van der Waals surface area contributed by atoms with E-state index in [1.165, 1.54) is 25.3 Å². The van der Waals surface area contributed by atoms with E-state index in [0.29, 0.717) is 24.4 Å². The van der Waals surface area contributed by atoms with Crippen LogP contribution >= 0.6 is 0 Å². The maximum Gasteiger partial charge on any atom is 0.171 e. The van der Waals surface area contributed by atoms with E-state index in [0.717, 1.165) is 25.2 Å². The zero-order valence-electron chi connectivity index (χ0n) is 13.1. The monoisotopic (exact) mass is 317 g/mol. The number of H-pyrrole nitrogens is 1. The molecule has 1 aliphatic heterocycles. The summed E-state index contributed by atoms with van der Waals surface area (Å²) in [7, 11) is 1.49. The van der Waals surface area contributed by atoms with Gasteiger partial charge in [-0.25, -0.2) is 9.37 Å². The lowest BCUT2D eigenvalue weighted by molar-refractivity contribution is 0.0805. The summed E-state index contributed by atoms with van der Waals surface area (Å²) in [6.07, 6.45) is 5.26. The van der Waals surface area contributed by atoms with Gasteiger partial charge in [0, 0.05) is 24.9 Å². The van der Waals surface area contributed by atoms with Gasteiger partial charge in [-0.05, 0) is 37.6 Å². The topological polar surface area (TPSA) is 58.2 Å². The summed E-state index contributed by atoms with van der Waals surface area (Å²) in [5, 5.41) is 0. The largest absolute Gasteiger partial charge is 0.496 e. The highest BCUT2D eigenvalue weighted by Gasteiger charge is 2.28. The predicted molar refractivity (Wildman–Crippen MR) is 83.9 cm³/mol. The van der Waals surface area contributed by atoms with E-state index in [1.54, 1.807) is 12.4 Å². The minimum absolute atomic E-state index is 0.0505. The number of nitrogens with zero attached hydrogens (tertiary/aromatic N) is 2. The van der Waals surface area contributed by atoms with Gasteiger partial charge in [-0.2, -0.15) is 0 Å². The van der Waals surface area contributed by atoms with Crippen molar-refractivity contribution in [3.63, 3.8) is 0 Å². The van der Waals surface area contributed by atoms with Gasteiger partial charge in [0.25, 0.3) is 0 Å². The summed E-state index contributed by atoms with van der Waals surface area (Å²) in [6.45, 7) is 2.28. The molecule has 6 heteroatoms. The molecule has 1 atom stereocenters. The molecule has 0 aliphatic carbocycles. The average molecular weight is 317 g/mol. The molecule has 2 heterocycles. The van der Waals surface area contributed by atoms with Crippen molar-refractivity contribution in [3.8, 4) is 5.75 Å². The van der Waals surface area contributed by atoms with Crippen molar-refractivity contribution in [3.05, 3.63) is 47.8 Å². The molecule has 1 saturated heterocycles. The van der Waals surface area contributed by atoms with Crippen molar-refractivity contribution in [2.45, 2.75) is 19.4 Å². The van der Waals surface area contributed by atoms with Crippen LogP contribution in [0.25, 0.3) is 0 Å². The van der Waals surface area contributed by atoms with Crippen molar-refractivity contribution >= 4 is 5.78 Å². The van der Waals surface area contributed by atoms with Crippen LogP contribution < -0.4 is 4.74 Å². The number of hydrogen-bond donors (Lipinski definition) is 1. The fourth-order valence-corrected chi connectivity index (χ4v) is 3.10. The number of carbonyl (C=O) groups excluding carboxylic acids is 1. The summed E-state index contributed by atoms with van der Waals surface area (Å²) >= 11 is 0. The van der Waals surface area contributed by atoms with Crippen LogP contribution in [0.2, 0.25) is 0 Å². The van der Waals surface area contributed by atoms with Crippen molar-refractivity contribution in [2.75, 3.05) is 20.2 Å². The van der Waals surface area contributed by atoms with Crippen LogP contribution in [0.4, 0.5) is 4.39 Å². The first-order valence-electron chi connectivity index (χ1n) is 7.75. The Morgan fingerprint density at radius 3 is 3.13 bits per heavy atom. The van der Waals surface area contributed by atoms with E-state index in [9.17, 15) is 9.18 Å². The van der Waals surface area contributed by atoms with Crippen molar-refractivity contribution < 1.29 is 13.9 Å². The Labute approximate surface area is 134 Å². The van der Waals surface area contributed by atoms with E-state index in [-0.39, 0.29) is 11.7 Å². The zero-order valence-corrected chi connectivity index (χ0v) is 13.1. The Kier molecular flexibility index (Phi) is 4.71. The van der Waals surface area contributed by atoms with Gasteiger partial charge >= 0.3 is 0 Å². The van der Waals surface area contributed by atoms with Crippen molar-refractivity contribution in [2.24, 2.45) is 5.92 Å². The molecule has 5 nitrogen and oxygen atoms in total. The van der Waals surface area contributed by atoms with Gasteiger partial charge in [-0.1, -0.05) is 0 Å². The van der Waals surface area contributed by atoms with Gasteiger partial charge in [-0.15, -0.1) is 0 Å². The van der Waals surface area contributed by atoms with Gasteiger partial charge in [0.1, 0.15) is 17.4 Å². The molecule has 1 aromatic heterocycles. The van der Waals surface area contributed by atoms with Crippen LogP contribution in [-0.2, 0) is 6.54 Å². The van der Waals surface area contributed by atoms with Crippen LogP contribution in [0.1, 0.15) is 29.0 Å². The first-order valence-corrected chi connectivity index (χ1v) is 7.75. The second-order valence-corrected chi connectivity index (χ2v) is 5.82. The first-order chi connectivity index (χ1) is 11.2. The molecule has 1 N–H and O–H groups in total. The minimum atomic E-state index is -0.419. The summed E-state index contributed by atoms with van der Waals surface area (Å²) in [6, 6.07) is 4.08. The molecular weight excluding hydrogens is 297 g/mol. The third-order valence-electron chi connectivity index (χ3n) is 4.23. The molecule has 2 aromatic rings. The minimum Gasteiger partial charge on any atom is -0.496 e. The highest BCUT2D eigenvalue weighted by Crippen LogP contribution is 2.27. The van der Waals surface area contributed by atoms with E-state index in [1.807, 2.05) is 0 Å².